The fourth-order valence-electron chi connectivity index (χ4n) is 5.56. The summed E-state index contributed by atoms with van der Waals surface area (Å²) in [5.74, 6) is -51.1. The molecule has 5 aromatic rings. The fourth-order valence-corrected chi connectivity index (χ4v) is 9.19. The van der Waals surface area contributed by atoms with Gasteiger partial charge in [0, 0.05) is 0 Å². The van der Waals surface area contributed by atoms with E-state index in [0.717, 1.165) is 48.5 Å². The number of hydrogen-bond acceptors (Lipinski definition) is 0. The molecule has 0 amide bonds. The normalized spacial score (nSPS) is 11.9. The average molecular weight is 697 g/mol. The molecule has 0 unspecified atom stereocenters. The predicted octanol–water partition coefficient (Wildman–Crippen LogP) is 6.87. The van der Waals surface area contributed by atoms with Crippen LogP contribution in [0.4, 0.5) is 65.9 Å². The molecule has 0 heterocycles. The van der Waals surface area contributed by atoms with Gasteiger partial charge in [0.2, 0.25) is 0 Å². The van der Waals surface area contributed by atoms with Crippen molar-refractivity contribution in [3.05, 3.63) is 148 Å². The Morgan fingerprint density at radius 3 is 0.681 bits per heavy atom. The highest BCUT2D eigenvalue weighted by Crippen LogP contribution is 2.47. The zero-order valence-corrected chi connectivity index (χ0v) is 23.4. The van der Waals surface area contributed by atoms with Gasteiger partial charge in [-0.2, -0.15) is 7.80 Å². The second-order valence-electron chi connectivity index (χ2n) is 9.81. The number of benzene rings is 5. The zero-order chi connectivity index (χ0) is 34.7. The van der Waals surface area contributed by atoms with Crippen LogP contribution < -0.4 is 27.0 Å². The molecule has 0 N–H and O–H groups in total. The van der Waals surface area contributed by atoms with E-state index in [1.807, 2.05) is 0 Å². The highest BCUT2D eigenvalue weighted by Gasteiger charge is 2.52. The van der Waals surface area contributed by atoms with Gasteiger partial charge in [0.05, 0.1) is 0 Å². The second-order valence-corrected chi connectivity index (χ2v) is 12.4. The van der Waals surface area contributed by atoms with Crippen LogP contribution in [0.15, 0.2) is 60.7 Å². The van der Waals surface area contributed by atoms with Gasteiger partial charge in [-0.05, 0) is 0 Å². The van der Waals surface area contributed by atoms with E-state index in [1.54, 1.807) is 0 Å². The van der Waals surface area contributed by atoms with Crippen molar-refractivity contribution in [3.8, 4) is 0 Å². The summed E-state index contributed by atoms with van der Waals surface area (Å²) in [6.07, 6.45) is 0. The van der Waals surface area contributed by atoms with E-state index >= 15 is 26.3 Å². The molecule has 47 heavy (non-hydrogen) atoms. The van der Waals surface area contributed by atoms with Crippen LogP contribution in [0.3, 0.4) is 0 Å². The lowest BCUT2D eigenvalue weighted by molar-refractivity contribution is 0.380. The van der Waals surface area contributed by atoms with Crippen LogP contribution in [-0.2, 0) is 0 Å². The van der Waals surface area contributed by atoms with Crippen molar-refractivity contribution in [2.75, 3.05) is 0 Å². The van der Waals surface area contributed by atoms with Crippen molar-refractivity contribution in [1.82, 2.24) is 0 Å². The average Bonchev–Trinajstić information content (AvgIpc) is 3.07. The molecular weight excluding hydrogens is 687 g/mol. The van der Waals surface area contributed by atoms with Gasteiger partial charge in [0.15, 0.2) is 52.4 Å². The first-order valence-corrected chi connectivity index (χ1v) is 14.1. The van der Waals surface area contributed by atoms with Crippen LogP contribution in [-0.4, -0.2) is 5.87 Å². The molecule has 0 spiro atoms. The van der Waals surface area contributed by atoms with Crippen LogP contribution in [0.25, 0.3) is 0 Å². The third-order valence-electron chi connectivity index (χ3n) is 7.44. The number of rotatable bonds is 6. The highest BCUT2D eigenvalue weighted by molar-refractivity contribution is 8.10. The zero-order valence-electron chi connectivity index (χ0n) is 22.5. The van der Waals surface area contributed by atoms with E-state index < -0.39 is 128 Å². The Bertz CT molecular complexity index is 1760. The van der Waals surface area contributed by atoms with Gasteiger partial charge in [-0.15, -0.1) is 16.4 Å². The maximum absolute atomic E-state index is 16.0. The van der Waals surface area contributed by atoms with Crippen molar-refractivity contribution in [2.45, 2.75) is 0 Å². The Hall–Kier alpha value is -4.46. The van der Waals surface area contributed by atoms with Gasteiger partial charge >= 0.3 is 0 Å². The minimum atomic E-state index is -5.80. The van der Waals surface area contributed by atoms with E-state index in [-0.39, 0.29) is 0 Å². The Labute approximate surface area is 254 Å². The lowest BCUT2D eigenvalue weighted by Crippen LogP contribution is -2.73. The molecule has 0 radical (unpaired) electrons. The summed E-state index contributed by atoms with van der Waals surface area (Å²) in [5, 5.41) is -1.16. The maximum atomic E-state index is 16.0. The third-order valence-corrected chi connectivity index (χ3v) is 10.7. The fraction of sp³-hybridized carbons (Fsp3) is 0. The highest BCUT2D eigenvalue weighted by atomic mass is 31.1. The molecule has 5 aromatic carbocycles. The van der Waals surface area contributed by atoms with Gasteiger partial charge in [-0.3, -0.25) is 0 Å². The van der Waals surface area contributed by atoms with Gasteiger partial charge in [-0.1, -0.05) is 71.3 Å². The third kappa shape index (κ3) is 4.87. The first-order valence-electron chi connectivity index (χ1n) is 12.7. The van der Waals surface area contributed by atoms with Crippen LogP contribution in [0.1, 0.15) is 0 Å². The van der Waals surface area contributed by atoms with Crippen molar-refractivity contribution in [1.29, 1.82) is 0 Å². The van der Waals surface area contributed by atoms with E-state index in [1.165, 1.54) is 12.1 Å². The topological polar surface area (TPSA) is 0 Å². The van der Waals surface area contributed by atoms with E-state index in [9.17, 15) is 39.5 Å². The summed E-state index contributed by atoms with van der Waals surface area (Å²) in [5.41, 5.74) is -7.90. The second kappa shape index (κ2) is 12.3. The molecule has 0 bridgehead atoms. The molecule has 0 aliphatic heterocycles. The Morgan fingerprint density at radius 1 is 0.277 bits per heavy atom. The number of halogens is 15. The molecule has 0 saturated carbocycles. The van der Waals surface area contributed by atoms with E-state index in [0.29, 0.717) is 0 Å². The van der Waals surface area contributed by atoms with Gasteiger partial charge < -0.3 is 0 Å². The maximum Gasteiger partial charge on any atom is 0.200 e. The van der Waals surface area contributed by atoms with Crippen molar-refractivity contribution in [2.24, 2.45) is 0 Å². The Kier molecular flexibility index (Phi) is 8.86. The molecule has 0 nitrogen and oxygen atoms in total. The summed E-state index contributed by atoms with van der Waals surface area (Å²) in [6.45, 7) is 0. The SMILES string of the molecule is Fc1c(F)c(F)c([B-](c2c(F)c(F)c(F)c(F)c2F)(c2c(F)c(F)c(F)c(F)c2F)P(c2ccccc2)c2ccccc2)c(F)c1F. The minimum absolute atomic E-state index is 0.578. The van der Waals surface area contributed by atoms with Gasteiger partial charge in [0.1, 0.15) is 40.8 Å². The van der Waals surface area contributed by atoms with Crippen LogP contribution in [0.5, 0.6) is 0 Å². The molecular formula is C30H10BF15P-. The van der Waals surface area contributed by atoms with Crippen molar-refractivity contribution in [3.63, 3.8) is 0 Å². The van der Waals surface area contributed by atoms with E-state index in [4.69, 9.17) is 0 Å². The molecule has 0 fully saturated rings. The lowest BCUT2D eigenvalue weighted by atomic mass is 9.33. The predicted molar refractivity (Wildman–Crippen MR) is 142 cm³/mol. The smallest absolute Gasteiger partial charge is 0.200 e. The number of hydrogen-bond donors (Lipinski definition) is 0. The van der Waals surface area contributed by atoms with Crippen LogP contribution >= 0.6 is 7.80 Å². The van der Waals surface area contributed by atoms with Crippen molar-refractivity contribution >= 4 is 40.7 Å². The largest absolute Gasteiger partial charge is 0.207 e. The summed E-state index contributed by atoms with van der Waals surface area (Å²) in [6, 6.07) is 10.4. The Balaban J connectivity index is 2.31. The van der Waals surface area contributed by atoms with E-state index in [2.05, 4.69) is 0 Å². The molecule has 5 rings (SSSR count). The van der Waals surface area contributed by atoms with Gasteiger partial charge in [0.25, 0.3) is 0 Å². The molecule has 17 heteroatoms. The molecule has 0 saturated heterocycles. The molecule has 0 aromatic heterocycles. The summed E-state index contributed by atoms with van der Waals surface area (Å²) in [7, 11) is -3.77. The summed E-state index contributed by atoms with van der Waals surface area (Å²) < 4.78 is 229. The summed E-state index contributed by atoms with van der Waals surface area (Å²) in [4.78, 5) is 0. The quantitative estimate of drug-likeness (QED) is 0.0598. The molecule has 244 valence electrons. The molecule has 0 aliphatic carbocycles. The summed E-state index contributed by atoms with van der Waals surface area (Å²) >= 11 is 0. The first-order chi connectivity index (χ1) is 22.1. The molecule has 0 atom stereocenters. The monoisotopic (exact) mass is 697 g/mol. The van der Waals surface area contributed by atoms with Gasteiger partial charge in [-0.25, -0.2) is 65.9 Å². The first kappa shape index (κ1) is 33.9. The minimum Gasteiger partial charge on any atom is -0.207 e. The lowest BCUT2D eigenvalue weighted by Gasteiger charge is -2.51. The standard InChI is InChI=1S/C30H10BF15P/c32-16-13(17(33)23(39)28(44)22(16)38)31(14-18(34)24(40)29(45)25(41)19(14)35,15-20(36)26(42)30(46)27(43)21(15)37)47(11-7-3-1-4-8-11)12-9-5-2-6-10-12/h1-10H/q-1. The Morgan fingerprint density at radius 2 is 0.468 bits per heavy atom. The van der Waals surface area contributed by atoms with Crippen LogP contribution in [0.2, 0.25) is 0 Å². The molecule has 0 aliphatic rings. The van der Waals surface area contributed by atoms with Crippen molar-refractivity contribution < 1.29 is 65.9 Å². The van der Waals surface area contributed by atoms with Crippen LogP contribution in [0, 0.1) is 87.3 Å².